The van der Waals surface area contributed by atoms with Gasteiger partial charge in [0.05, 0.1) is 22.1 Å². The van der Waals surface area contributed by atoms with E-state index >= 15 is 0 Å². The van der Waals surface area contributed by atoms with Gasteiger partial charge in [-0.1, -0.05) is 12.1 Å². The molecule has 27 heavy (non-hydrogen) atoms. The van der Waals surface area contributed by atoms with Gasteiger partial charge in [0.15, 0.2) is 5.78 Å². The van der Waals surface area contributed by atoms with Crippen LogP contribution in [0, 0.1) is 11.6 Å². The predicted molar refractivity (Wildman–Crippen MR) is 97.4 cm³/mol. The molecule has 0 aliphatic heterocycles. The Kier molecular flexibility index (Phi) is 5.14. The smallest absolute Gasteiger partial charge is 0.307 e. The van der Waals surface area contributed by atoms with Crippen LogP contribution in [0.25, 0.3) is 10.8 Å². The Balaban J connectivity index is 2.21. The summed E-state index contributed by atoms with van der Waals surface area (Å²) in [6.07, 6.45) is 0.992. The topological polar surface area (TPSA) is 71.4 Å². The zero-order valence-electron chi connectivity index (χ0n) is 14.2. The molecule has 0 spiro atoms. The molecule has 1 N–H and O–H groups in total. The molecule has 0 saturated carbocycles. The van der Waals surface area contributed by atoms with Gasteiger partial charge in [-0.25, -0.2) is 8.78 Å². The van der Waals surface area contributed by atoms with Crippen molar-refractivity contribution in [3.63, 3.8) is 0 Å². The first kappa shape index (κ1) is 18.8. The van der Waals surface area contributed by atoms with Crippen molar-refractivity contribution >= 4 is 33.3 Å². The summed E-state index contributed by atoms with van der Waals surface area (Å²) in [7, 11) is -1.63. The molecular weight excluding hydrogens is 374 g/mol. The second-order valence-corrected chi connectivity index (χ2v) is 7.36. The van der Waals surface area contributed by atoms with Crippen LogP contribution in [0.15, 0.2) is 53.4 Å². The number of rotatable bonds is 5. The monoisotopic (exact) mass is 388 g/mol. The number of carboxylic acid groups (broad SMARTS) is 1. The van der Waals surface area contributed by atoms with Gasteiger partial charge in [-0.15, -0.1) is 0 Å². The molecular formula is C20H14F2O4S. The van der Waals surface area contributed by atoms with Crippen LogP contribution in [0.5, 0.6) is 0 Å². The van der Waals surface area contributed by atoms with Crippen molar-refractivity contribution < 1.29 is 27.7 Å². The molecule has 0 radical (unpaired) electrons. The lowest BCUT2D eigenvalue weighted by Gasteiger charge is -2.10. The summed E-state index contributed by atoms with van der Waals surface area (Å²) >= 11 is 0. The molecule has 0 aliphatic carbocycles. The molecule has 0 amide bonds. The van der Waals surface area contributed by atoms with E-state index in [9.17, 15) is 22.6 Å². The van der Waals surface area contributed by atoms with Crippen LogP contribution in [0.2, 0.25) is 0 Å². The first-order chi connectivity index (χ1) is 12.8. The van der Waals surface area contributed by atoms with E-state index in [-0.39, 0.29) is 22.4 Å². The summed E-state index contributed by atoms with van der Waals surface area (Å²) in [5.41, 5.74) is 0.564. The van der Waals surface area contributed by atoms with E-state index in [0.29, 0.717) is 16.3 Å². The summed E-state index contributed by atoms with van der Waals surface area (Å²) in [5, 5.41) is 9.87. The number of carbonyl (C=O) groups is 2. The lowest BCUT2D eigenvalue weighted by atomic mass is 9.94. The van der Waals surface area contributed by atoms with Crippen molar-refractivity contribution in [3.05, 3.63) is 76.9 Å². The van der Waals surface area contributed by atoms with Crippen molar-refractivity contribution in [2.45, 2.75) is 11.3 Å². The SMILES string of the molecule is CS(=O)c1cc(C(=O)c2cc(CC(=O)O)cc3ccc(F)cc23)ccc1F. The third-order valence-electron chi connectivity index (χ3n) is 4.08. The number of halogens is 2. The first-order valence-electron chi connectivity index (χ1n) is 7.88. The number of aliphatic carboxylic acids is 1. The van der Waals surface area contributed by atoms with Crippen LogP contribution < -0.4 is 0 Å². The Morgan fingerprint density at radius 2 is 1.78 bits per heavy atom. The average molecular weight is 388 g/mol. The Bertz CT molecular complexity index is 1110. The fourth-order valence-electron chi connectivity index (χ4n) is 2.88. The van der Waals surface area contributed by atoms with Gasteiger partial charge in [0.1, 0.15) is 11.6 Å². The summed E-state index contributed by atoms with van der Waals surface area (Å²) in [5.74, 6) is -2.84. The van der Waals surface area contributed by atoms with Crippen molar-refractivity contribution in [3.8, 4) is 0 Å². The molecule has 7 heteroatoms. The molecule has 3 aromatic carbocycles. The predicted octanol–water partition coefficient (Wildman–Crippen LogP) is 3.71. The van der Waals surface area contributed by atoms with Crippen LogP contribution in [0.1, 0.15) is 21.5 Å². The molecule has 0 saturated heterocycles. The van der Waals surface area contributed by atoms with Crippen molar-refractivity contribution in [2.75, 3.05) is 6.26 Å². The molecule has 0 heterocycles. The zero-order chi connectivity index (χ0) is 19.7. The second kappa shape index (κ2) is 7.36. The van der Waals surface area contributed by atoms with Gasteiger partial charge in [-0.2, -0.15) is 0 Å². The molecule has 0 aromatic heterocycles. The highest BCUT2D eigenvalue weighted by atomic mass is 32.2. The fraction of sp³-hybridized carbons (Fsp3) is 0.100. The van der Waals surface area contributed by atoms with E-state index in [1.165, 1.54) is 42.7 Å². The maximum absolute atomic E-state index is 13.8. The largest absolute Gasteiger partial charge is 0.481 e. The standard InChI is InChI=1S/C20H14F2O4S/c1-27(26)18-9-13(3-5-17(18)22)20(25)16-7-11(8-19(23)24)6-12-2-4-14(21)10-15(12)16/h2-7,9-10H,8H2,1H3,(H,23,24). The van der Waals surface area contributed by atoms with Gasteiger partial charge >= 0.3 is 5.97 Å². The van der Waals surface area contributed by atoms with Gasteiger partial charge in [0, 0.05) is 17.4 Å². The molecule has 138 valence electrons. The van der Waals surface area contributed by atoms with E-state index in [1.54, 1.807) is 6.07 Å². The maximum Gasteiger partial charge on any atom is 0.307 e. The van der Waals surface area contributed by atoms with Gasteiger partial charge in [-0.05, 0) is 52.7 Å². The van der Waals surface area contributed by atoms with Crippen molar-refractivity contribution in [1.82, 2.24) is 0 Å². The van der Waals surface area contributed by atoms with E-state index in [4.69, 9.17) is 5.11 Å². The normalized spacial score (nSPS) is 12.1. The minimum Gasteiger partial charge on any atom is -0.481 e. The molecule has 0 fully saturated rings. The summed E-state index contributed by atoms with van der Waals surface area (Å²) in [4.78, 5) is 23.9. The van der Waals surface area contributed by atoms with E-state index in [1.807, 2.05) is 0 Å². The third kappa shape index (κ3) is 3.93. The van der Waals surface area contributed by atoms with Gasteiger partial charge in [0.25, 0.3) is 0 Å². The number of carboxylic acids is 1. The quantitative estimate of drug-likeness (QED) is 0.677. The van der Waals surface area contributed by atoms with Crippen LogP contribution in [-0.4, -0.2) is 27.3 Å². The highest BCUT2D eigenvalue weighted by Gasteiger charge is 2.18. The van der Waals surface area contributed by atoms with Gasteiger partial charge in [0.2, 0.25) is 0 Å². The average Bonchev–Trinajstić information content (AvgIpc) is 2.60. The van der Waals surface area contributed by atoms with Crippen molar-refractivity contribution in [1.29, 1.82) is 0 Å². The molecule has 1 unspecified atom stereocenters. The fourth-order valence-corrected chi connectivity index (χ4v) is 3.51. The number of ketones is 1. The number of benzene rings is 3. The summed E-state index contributed by atoms with van der Waals surface area (Å²) in [6, 6.07) is 10.3. The number of hydrogen-bond donors (Lipinski definition) is 1. The van der Waals surface area contributed by atoms with Crippen LogP contribution in [-0.2, 0) is 22.0 Å². The lowest BCUT2D eigenvalue weighted by molar-refractivity contribution is -0.136. The third-order valence-corrected chi connectivity index (χ3v) is 5.01. The van der Waals surface area contributed by atoms with Gasteiger partial charge < -0.3 is 5.11 Å². The Morgan fingerprint density at radius 1 is 1.04 bits per heavy atom. The highest BCUT2D eigenvalue weighted by molar-refractivity contribution is 7.84. The Labute approximate surface area is 155 Å². The highest BCUT2D eigenvalue weighted by Crippen LogP contribution is 2.26. The van der Waals surface area contributed by atoms with Crippen molar-refractivity contribution in [2.24, 2.45) is 0 Å². The van der Waals surface area contributed by atoms with Gasteiger partial charge in [-0.3, -0.25) is 13.8 Å². The summed E-state index contributed by atoms with van der Waals surface area (Å²) < 4.78 is 39.2. The second-order valence-electron chi connectivity index (χ2n) is 6.01. The van der Waals surface area contributed by atoms with Crippen LogP contribution in [0.4, 0.5) is 8.78 Å². The summed E-state index contributed by atoms with van der Waals surface area (Å²) in [6.45, 7) is 0. The number of hydrogen-bond acceptors (Lipinski definition) is 3. The van der Waals surface area contributed by atoms with E-state index in [0.717, 1.165) is 6.07 Å². The number of fused-ring (bicyclic) bond motifs is 1. The molecule has 4 nitrogen and oxygen atoms in total. The Hall–Kier alpha value is -2.93. The van der Waals surface area contributed by atoms with Crippen LogP contribution >= 0.6 is 0 Å². The zero-order valence-corrected chi connectivity index (χ0v) is 15.0. The molecule has 3 rings (SSSR count). The maximum atomic E-state index is 13.8. The first-order valence-corrected chi connectivity index (χ1v) is 9.43. The van der Waals surface area contributed by atoms with E-state index in [2.05, 4.69) is 0 Å². The molecule has 1 atom stereocenters. The number of carbonyl (C=O) groups excluding carboxylic acids is 1. The Morgan fingerprint density at radius 3 is 2.44 bits per heavy atom. The van der Waals surface area contributed by atoms with E-state index < -0.39 is 34.2 Å². The minimum atomic E-state index is -1.63. The lowest BCUT2D eigenvalue weighted by Crippen LogP contribution is -2.07. The molecule has 3 aromatic rings. The molecule has 0 aliphatic rings. The molecule has 0 bridgehead atoms. The van der Waals surface area contributed by atoms with Crippen LogP contribution in [0.3, 0.4) is 0 Å². The minimum absolute atomic E-state index is 0.0830.